The average molecular weight is 178 g/mol. The number of allylic oxidation sites excluding steroid dienone is 1. The van der Waals surface area contributed by atoms with E-state index in [0.29, 0.717) is 11.3 Å². The number of rotatable bonds is 2. The van der Waals surface area contributed by atoms with E-state index in [0.717, 1.165) is 0 Å². The van der Waals surface area contributed by atoms with Crippen molar-refractivity contribution in [2.45, 2.75) is 6.92 Å². The molecule has 1 rings (SSSR count). The lowest BCUT2D eigenvalue weighted by molar-refractivity contribution is 1.02. The summed E-state index contributed by atoms with van der Waals surface area (Å²) in [6, 6.07) is 0. The van der Waals surface area contributed by atoms with Crippen LogP contribution in [-0.4, -0.2) is 9.97 Å². The summed E-state index contributed by atoms with van der Waals surface area (Å²) in [7, 11) is 0. The number of aromatic amines is 2. The second-order valence-electron chi connectivity index (χ2n) is 2.44. The van der Waals surface area contributed by atoms with Crippen LogP contribution in [0, 0.1) is 0 Å². The number of hydrogen-bond acceptors (Lipinski definition) is 2. The van der Waals surface area contributed by atoms with Gasteiger partial charge in [0.25, 0.3) is 5.56 Å². The summed E-state index contributed by atoms with van der Waals surface area (Å²) in [6.07, 6.45) is 4.77. The van der Waals surface area contributed by atoms with Gasteiger partial charge in [0.1, 0.15) is 0 Å². The van der Waals surface area contributed by atoms with E-state index in [1.165, 1.54) is 6.08 Å². The molecule has 0 radical (unpaired) electrons. The summed E-state index contributed by atoms with van der Waals surface area (Å²) >= 11 is 0. The molecule has 0 amide bonds. The molecule has 0 fully saturated rings. The molecule has 0 aromatic carbocycles. The van der Waals surface area contributed by atoms with Crippen molar-refractivity contribution in [3.05, 3.63) is 44.8 Å². The fourth-order valence-corrected chi connectivity index (χ4v) is 1.01. The maximum Gasteiger partial charge on any atom is 0.326 e. The standard InChI is InChI=1S/C9H10N2O2/c1-3-5-6-7(4-2)10-9(13)11-8(6)12/h3-5H,2H2,1H3,(H2,10,11,12,13)/b5-3-. The minimum Gasteiger partial charge on any atom is -0.307 e. The minimum absolute atomic E-state index is 0.406. The Morgan fingerprint density at radius 1 is 1.31 bits per heavy atom. The van der Waals surface area contributed by atoms with Crippen LogP contribution in [0.25, 0.3) is 12.2 Å². The Morgan fingerprint density at radius 2 is 2.00 bits per heavy atom. The van der Waals surface area contributed by atoms with Crippen LogP contribution in [-0.2, 0) is 0 Å². The van der Waals surface area contributed by atoms with Crippen LogP contribution in [0.1, 0.15) is 18.2 Å². The van der Waals surface area contributed by atoms with Crippen LogP contribution < -0.4 is 11.2 Å². The predicted molar refractivity (Wildman–Crippen MR) is 52.5 cm³/mol. The van der Waals surface area contributed by atoms with Gasteiger partial charge in [-0.1, -0.05) is 18.7 Å². The Morgan fingerprint density at radius 3 is 2.54 bits per heavy atom. The average Bonchev–Trinajstić information content (AvgIpc) is 2.09. The monoisotopic (exact) mass is 178 g/mol. The molecule has 4 nitrogen and oxygen atoms in total. The molecule has 0 saturated heterocycles. The molecular weight excluding hydrogens is 168 g/mol. The van der Waals surface area contributed by atoms with E-state index < -0.39 is 11.2 Å². The second-order valence-corrected chi connectivity index (χ2v) is 2.44. The molecule has 0 bridgehead atoms. The van der Waals surface area contributed by atoms with E-state index >= 15 is 0 Å². The van der Waals surface area contributed by atoms with Gasteiger partial charge in [-0.15, -0.1) is 0 Å². The molecule has 0 aliphatic rings. The van der Waals surface area contributed by atoms with Gasteiger partial charge in [-0.25, -0.2) is 4.79 Å². The highest BCUT2D eigenvalue weighted by Gasteiger charge is 2.01. The molecule has 0 unspecified atom stereocenters. The van der Waals surface area contributed by atoms with Crippen molar-refractivity contribution in [3.63, 3.8) is 0 Å². The van der Waals surface area contributed by atoms with E-state index in [1.807, 2.05) is 0 Å². The van der Waals surface area contributed by atoms with Crippen molar-refractivity contribution in [2.24, 2.45) is 0 Å². The fraction of sp³-hybridized carbons (Fsp3) is 0.111. The molecule has 4 heteroatoms. The van der Waals surface area contributed by atoms with Gasteiger partial charge in [-0.2, -0.15) is 0 Å². The molecule has 0 saturated carbocycles. The Labute approximate surface area is 74.6 Å². The van der Waals surface area contributed by atoms with Crippen LogP contribution in [0.3, 0.4) is 0 Å². The molecular formula is C9H10N2O2. The lowest BCUT2D eigenvalue weighted by Crippen LogP contribution is -2.25. The van der Waals surface area contributed by atoms with Crippen LogP contribution in [0.15, 0.2) is 22.2 Å². The minimum atomic E-state index is -0.520. The van der Waals surface area contributed by atoms with Gasteiger partial charge in [0.2, 0.25) is 0 Å². The summed E-state index contributed by atoms with van der Waals surface area (Å²) in [5.41, 5.74) is -0.0751. The summed E-state index contributed by atoms with van der Waals surface area (Å²) in [6.45, 7) is 5.29. The van der Waals surface area contributed by atoms with E-state index in [2.05, 4.69) is 16.5 Å². The smallest absolute Gasteiger partial charge is 0.307 e. The van der Waals surface area contributed by atoms with Crippen molar-refractivity contribution in [1.82, 2.24) is 9.97 Å². The Balaban J connectivity index is 3.56. The molecule has 0 aliphatic carbocycles. The maximum atomic E-state index is 11.2. The van der Waals surface area contributed by atoms with E-state index in [1.54, 1.807) is 19.1 Å². The maximum absolute atomic E-state index is 11.2. The normalized spacial score (nSPS) is 10.5. The molecule has 13 heavy (non-hydrogen) atoms. The Kier molecular flexibility index (Phi) is 2.64. The van der Waals surface area contributed by atoms with Gasteiger partial charge < -0.3 is 4.98 Å². The number of nitrogens with one attached hydrogen (secondary N) is 2. The number of H-pyrrole nitrogens is 2. The van der Waals surface area contributed by atoms with Crippen LogP contribution in [0.5, 0.6) is 0 Å². The quantitative estimate of drug-likeness (QED) is 0.701. The van der Waals surface area contributed by atoms with Gasteiger partial charge in [-0.05, 0) is 13.0 Å². The molecule has 1 aromatic rings. The highest BCUT2D eigenvalue weighted by Crippen LogP contribution is 2.00. The molecule has 0 spiro atoms. The topological polar surface area (TPSA) is 65.7 Å². The Bertz CT molecular complexity index is 451. The predicted octanol–water partition coefficient (Wildman–Crippen LogP) is 0.739. The zero-order valence-electron chi connectivity index (χ0n) is 7.26. The third-order valence-corrected chi connectivity index (χ3v) is 1.55. The third-order valence-electron chi connectivity index (χ3n) is 1.55. The van der Waals surface area contributed by atoms with Gasteiger partial charge in [0.15, 0.2) is 0 Å². The van der Waals surface area contributed by atoms with Crippen molar-refractivity contribution in [1.29, 1.82) is 0 Å². The zero-order valence-corrected chi connectivity index (χ0v) is 7.26. The number of hydrogen-bond donors (Lipinski definition) is 2. The molecule has 68 valence electrons. The first-order chi connectivity index (χ1) is 6.19. The molecule has 0 aliphatic heterocycles. The lowest BCUT2D eigenvalue weighted by atomic mass is 10.2. The highest BCUT2D eigenvalue weighted by molar-refractivity contribution is 5.59. The molecule has 2 N–H and O–H groups in total. The fourth-order valence-electron chi connectivity index (χ4n) is 1.01. The van der Waals surface area contributed by atoms with Gasteiger partial charge in [0, 0.05) is 0 Å². The van der Waals surface area contributed by atoms with Crippen LogP contribution in [0.2, 0.25) is 0 Å². The highest BCUT2D eigenvalue weighted by atomic mass is 16.2. The summed E-state index contributed by atoms with van der Waals surface area (Å²) in [4.78, 5) is 26.7. The zero-order chi connectivity index (χ0) is 9.84. The summed E-state index contributed by atoms with van der Waals surface area (Å²) < 4.78 is 0. The van der Waals surface area contributed by atoms with E-state index in [-0.39, 0.29) is 0 Å². The SMILES string of the molecule is C=Cc1[nH]c(=O)[nH]c(=O)c1/C=C\C. The lowest BCUT2D eigenvalue weighted by Gasteiger charge is -1.97. The van der Waals surface area contributed by atoms with Gasteiger partial charge in [-0.3, -0.25) is 9.78 Å². The Hall–Kier alpha value is -1.84. The van der Waals surface area contributed by atoms with Gasteiger partial charge >= 0.3 is 5.69 Å². The summed E-state index contributed by atoms with van der Waals surface area (Å²) in [5, 5.41) is 0. The molecule has 0 atom stereocenters. The first kappa shape index (κ1) is 9.25. The van der Waals surface area contributed by atoms with Crippen LogP contribution >= 0.6 is 0 Å². The largest absolute Gasteiger partial charge is 0.326 e. The van der Waals surface area contributed by atoms with Crippen LogP contribution in [0.4, 0.5) is 0 Å². The van der Waals surface area contributed by atoms with E-state index in [9.17, 15) is 9.59 Å². The number of aromatic nitrogens is 2. The first-order valence-electron chi connectivity index (χ1n) is 3.80. The van der Waals surface area contributed by atoms with Crippen molar-refractivity contribution in [3.8, 4) is 0 Å². The third kappa shape index (κ3) is 1.84. The van der Waals surface area contributed by atoms with Crippen molar-refractivity contribution in [2.75, 3.05) is 0 Å². The molecule has 1 aromatic heterocycles. The van der Waals surface area contributed by atoms with Gasteiger partial charge in [0.05, 0.1) is 11.3 Å². The van der Waals surface area contributed by atoms with Crippen molar-refractivity contribution >= 4 is 12.2 Å². The van der Waals surface area contributed by atoms with Crippen molar-refractivity contribution < 1.29 is 0 Å². The summed E-state index contributed by atoms with van der Waals surface area (Å²) in [5.74, 6) is 0. The second kappa shape index (κ2) is 3.71. The first-order valence-corrected chi connectivity index (χ1v) is 3.80. The van der Waals surface area contributed by atoms with E-state index in [4.69, 9.17) is 0 Å². The molecule has 1 heterocycles.